The molecule has 39 heavy (non-hydrogen) atoms. The third kappa shape index (κ3) is 4.03. The smallest absolute Gasteiger partial charge is 0.164 e. The van der Waals surface area contributed by atoms with Crippen molar-refractivity contribution in [2.45, 2.75) is 6.92 Å². The number of aryl methyl sites for hydroxylation is 1. The lowest BCUT2D eigenvalue weighted by atomic mass is 10.1. The van der Waals surface area contributed by atoms with Gasteiger partial charge in [0.05, 0.1) is 11.4 Å². The quantitative estimate of drug-likeness (QED) is 0.235. The predicted octanol–water partition coefficient (Wildman–Crippen LogP) is 9.02. The number of hydrogen-bond donors (Lipinski definition) is 0. The number of pyridine rings is 1. The first kappa shape index (κ1) is 22.9. The van der Waals surface area contributed by atoms with Gasteiger partial charge in [0.2, 0.25) is 0 Å². The topological polar surface area (TPSA) is 34.0 Å². The number of anilines is 3. The minimum Gasteiger partial charge on any atom is -0.310 e. The van der Waals surface area contributed by atoms with Crippen LogP contribution in [0.15, 0.2) is 140 Å². The highest BCUT2D eigenvalue weighted by Gasteiger charge is 2.18. The van der Waals surface area contributed by atoms with Gasteiger partial charge in [-0.1, -0.05) is 72.8 Å². The normalized spacial score (nSPS) is 11.2. The predicted molar refractivity (Wildman–Crippen MR) is 161 cm³/mol. The van der Waals surface area contributed by atoms with Gasteiger partial charge in [-0.05, 0) is 78.5 Å². The lowest BCUT2D eigenvalue weighted by Crippen LogP contribution is -2.10. The van der Waals surface area contributed by atoms with E-state index in [4.69, 9.17) is 9.97 Å². The molecule has 0 spiro atoms. The lowest BCUT2D eigenvalue weighted by Gasteiger charge is -2.27. The number of imidazole rings is 1. The molecular formula is C35H26N4. The van der Waals surface area contributed by atoms with Crippen LogP contribution < -0.4 is 4.90 Å². The Balaban J connectivity index is 1.39. The number of hydrogen-bond acceptors (Lipinski definition) is 3. The molecule has 0 aliphatic carbocycles. The van der Waals surface area contributed by atoms with Crippen molar-refractivity contribution in [3.63, 3.8) is 0 Å². The van der Waals surface area contributed by atoms with E-state index in [-0.39, 0.29) is 0 Å². The van der Waals surface area contributed by atoms with Gasteiger partial charge >= 0.3 is 0 Å². The number of para-hydroxylation sites is 2. The molecule has 0 atom stereocenters. The van der Waals surface area contributed by atoms with E-state index in [9.17, 15) is 0 Å². The standard InChI is InChI=1S/C35H26N4/c1-25-11-5-8-18-32(25)39-34(37-31-17-10-24-36-35(31)39)27-20-22-29(23-21-27)38(28-14-3-2-4-15-28)33-19-9-13-26-12-6-7-16-30(26)33/h2-24H,1H3. The highest BCUT2D eigenvalue weighted by molar-refractivity contribution is 5.99. The molecule has 0 unspecified atom stereocenters. The summed E-state index contributed by atoms with van der Waals surface area (Å²) in [7, 11) is 0. The summed E-state index contributed by atoms with van der Waals surface area (Å²) in [6.07, 6.45) is 1.83. The zero-order chi connectivity index (χ0) is 26.2. The van der Waals surface area contributed by atoms with Gasteiger partial charge in [0.15, 0.2) is 5.65 Å². The summed E-state index contributed by atoms with van der Waals surface area (Å²) in [5.41, 5.74) is 8.35. The van der Waals surface area contributed by atoms with Crippen molar-refractivity contribution in [3.05, 3.63) is 145 Å². The minimum absolute atomic E-state index is 0.854. The average molecular weight is 503 g/mol. The zero-order valence-corrected chi connectivity index (χ0v) is 21.6. The maximum atomic E-state index is 5.02. The second-order valence-corrected chi connectivity index (χ2v) is 9.62. The summed E-state index contributed by atoms with van der Waals surface area (Å²) in [6.45, 7) is 2.12. The summed E-state index contributed by atoms with van der Waals surface area (Å²) in [4.78, 5) is 12.0. The molecule has 186 valence electrons. The number of benzene rings is 5. The SMILES string of the molecule is Cc1ccccc1-n1c(-c2ccc(N(c3ccccc3)c3cccc4ccccc34)cc2)nc2cccnc21. The zero-order valence-electron chi connectivity index (χ0n) is 21.6. The Morgan fingerprint density at radius 1 is 0.615 bits per heavy atom. The largest absolute Gasteiger partial charge is 0.310 e. The molecule has 4 heteroatoms. The van der Waals surface area contributed by atoms with Crippen LogP contribution in [0.1, 0.15) is 5.56 Å². The molecule has 4 nitrogen and oxygen atoms in total. The summed E-state index contributed by atoms with van der Waals surface area (Å²) in [6, 6.07) is 46.5. The Morgan fingerprint density at radius 3 is 2.18 bits per heavy atom. The minimum atomic E-state index is 0.854. The first-order valence-corrected chi connectivity index (χ1v) is 13.1. The molecule has 0 amide bonds. The number of fused-ring (bicyclic) bond motifs is 2. The van der Waals surface area contributed by atoms with Gasteiger partial charge in [-0.15, -0.1) is 0 Å². The van der Waals surface area contributed by atoms with Crippen molar-refractivity contribution in [2.75, 3.05) is 4.90 Å². The van der Waals surface area contributed by atoms with Crippen LogP contribution in [0.3, 0.4) is 0 Å². The molecule has 0 saturated heterocycles. The Kier molecular flexibility index (Phi) is 5.64. The van der Waals surface area contributed by atoms with E-state index in [2.05, 4.69) is 138 Å². The van der Waals surface area contributed by atoms with E-state index >= 15 is 0 Å². The van der Waals surface area contributed by atoms with E-state index in [1.807, 2.05) is 18.3 Å². The Hall–Kier alpha value is -5.22. The van der Waals surface area contributed by atoms with Gasteiger partial charge < -0.3 is 4.90 Å². The highest BCUT2D eigenvalue weighted by atomic mass is 15.1. The molecular weight excluding hydrogens is 476 g/mol. The first-order valence-electron chi connectivity index (χ1n) is 13.1. The van der Waals surface area contributed by atoms with E-state index in [1.54, 1.807) is 0 Å². The van der Waals surface area contributed by atoms with Gasteiger partial charge in [-0.3, -0.25) is 4.57 Å². The van der Waals surface area contributed by atoms with Gasteiger partial charge in [-0.2, -0.15) is 0 Å². The van der Waals surface area contributed by atoms with Crippen LogP contribution in [-0.4, -0.2) is 14.5 Å². The van der Waals surface area contributed by atoms with Crippen LogP contribution >= 0.6 is 0 Å². The van der Waals surface area contributed by atoms with Gasteiger partial charge in [0, 0.05) is 28.5 Å². The van der Waals surface area contributed by atoms with Crippen LogP contribution in [-0.2, 0) is 0 Å². The first-order chi connectivity index (χ1) is 19.3. The van der Waals surface area contributed by atoms with Crippen molar-refractivity contribution in [2.24, 2.45) is 0 Å². The van der Waals surface area contributed by atoms with Crippen molar-refractivity contribution in [3.8, 4) is 17.1 Å². The van der Waals surface area contributed by atoms with E-state index < -0.39 is 0 Å². The number of aromatic nitrogens is 3. The van der Waals surface area contributed by atoms with Gasteiger partial charge in [0.25, 0.3) is 0 Å². The van der Waals surface area contributed by atoms with Gasteiger partial charge in [0.1, 0.15) is 11.3 Å². The molecule has 0 saturated carbocycles. The fraction of sp³-hybridized carbons (Fsp3) is 0.0286. The van der Waals surface area contributed by atoms with Crippen LogP contribution in [0.25, 0.3) is 39.0 Å². The summed E-state index contributed by atoms with van der Waals surface area (Å²) >= 11 is 0. The molecule has 0 aliphatic heterocycles. The molecule has 0 fully saturated rings. The summed E-state index contributed by atoms with van der Waals surface area (Å²) in [5.74, 6) is 0.876. The van der Waals surface area contributed by atoms with Crippen molar-refractivity contribution in [1.29, 1.82) is 0 Å². The molecule has 0 radical (unpaired) electrons. The van der Waals surface area contributed by atoms with Crippen LogP contribution in [0.5, 0.6) is 0 Å². The average Bonchev–Trinajstić information content (AvgIpc) is 3.38. The highest BCUT2D eigenvalue weighted by Crippen LogP contribution is 2.39. The molecule has 2 heterocycles. The Labute approximate surface area is 227 Å². The fourth-order valence-corrected chi connectivity index (χ4v) is 5.32. The monoisotopic (exact) mass is 502 g/mol. The third-order valence-electron chi connectivity index (χ3n) is 7.18. The maximum Gasteiger partial charge on any atom is 0.164 e. The van der Waals surface area contributed by atoms with Crippen LogP contribution in [0, 0.1) is 6.92 Å². The Morgan fingerprint density at radius 2 is 1.33 bits per heavy atom. The van der Waals surface area contributed by atoms with E-state index in [0.29, 0.717) is 0 Å². The molecule has 7 rings (SSSR count). The second-order valence-electron chi connectivity index (χ2n) is 9.62. The number of rotatable bonds is 5. The van der Waals surface area contributed by atoms with Crippen LogP contribution in [0.4, 0.5) is 17.1 Å². The van der Waals surface area contributed by atoms with E-state index in [0.717, 1.165) is 45.3 Å². The van der Waals surface area contributed by atoms with Crippen LogP contribution in [0.2, 0.25) is 0 Å². The van der Waals surface area contributed by atoms with Crippen molar-refractivity contribution in [1.82, 2.24) is 14.5 Å². The van der Waals surface area contributed by atoms with Gasteiger partial charge in [-0.25, -0.2) is 9.97 Å². The molecule has 2 aromatic heterocycles. The van der Waals surface area contributed by atoms with Crippen molar-refractivity contribution < 1.29 is 0 Å². The summed E-state index contributed by atoms with van der Waals surface area (Å²) in [5, 5.41) is 2.42. The molecule has 0 aliphatic rings. The molecule has 5 aromatic carbocycles. The number of nitrogens with zero attached hydrogens (tertiary/aromatic N) is 4. The second kappa shape index (κ2) is 9.58. The van der Waals surface area contributed by atoms with Crippen molar-refractivity contribution >= 4 is 39.0 Å². The third-order valence-corrected chi connectivity index (χ3v) is 7.18. The summed E-state index contributed by atoms with van der Waals surface area (Å²) < 4.78 is 2.17. The fourth-order valence-electron chi connectivity index (χ4n) is 5.32. The molecule has 0 bridgehead atoms. The van der Waals surface area contributed by atoms with E-state index in [1.165, 1.54) is 16.3 Å². The Bertz CT molecular complexity index is 1920. The maximum absolute atomic E-state index is 5.02. The molecule has 0 N–H and O–H groups in total. The lowest BCUT2D eigenvalue weighted by molar-refractivity contribution is 1.06. The molecule has 7 aromatic rings.